The van der Waals surface area contributed by atoms with Crippen LogP contribution in [0.15, 0.2) is 72.8 Å². The summed E-state index contributed by atoms with van der Waals surface area (Å²) in [5.41, 5.74) is 2.72. The molecule has 1 saturated carbocycles. The second-order valence-electron chi connectivity index (χ2n) is 9.89. The summed E-state index contributed by atoms with van der Waals surface area (Å²) in [7, 11) is 0. The highest BCUT2D eigenvalue weighted by Gasteiger charge is 2.32. The van der Waals surface area contributed by atoms with Crippen LogP contribution >= 0.6 is 46.6 Å². The molecule has 0 spiro atoms. The van der Waals surface area contributed by atoms with E-state index in [2.05, 4.69) is 5.32 Å². The van der Waals surface area contributed by atoms with Gasteiger partial charge in [-0.15, -0.1) is 11.8 Å². The van der Waals surface area contributed by atoms with Crippen LogP contribution in [-0.2, 0) is 28.3 Å². The largest absolute Gasteiger partial charge is 0.352 e. The summed E-state index contributed by atoms with van der Waals surface area (Å²) >= 11 is 20.3. The van der Waals surface area contributed by atoms with E-state index in [-0.39, 0.29) is 23.6 Å². The topological polar surface area (TPSA) is 49.4 Å². The number of carbonyl (C=O) groups is 2. The van der Waals surface area contributed by atoms with Gasteiger partial charge in [-0.2, -0.15) is 0 Å². The zero-order valence-electron chi connectivity index (χ0n) is 21.8. The van der Waals surface area contributed by atoms with Crippen LogP contribution in [0.3, 0.4) is 0 Å². The van der Waals surface area contributed by atoms with Gasteiger partial charge in [0.15, 0.2) is 0 Å². The second kappa shape index (κ2) is 15.0. The van der Waals surface area contributed by atoms with Crippen molar-refractivity contribution < 1.29 is 9.59 Å². The Morgan fingerprint density at radius 1 is 0.846 bits per heavy atom. The first-order chi connectivity index (χ1) is 18.9. The van der Waals surface area contributed by atoms with E-state index in [4.69, 9.17) is 34.8 Å². The van der Waals surface area contributed by atoms with E-state index in [0.717, 1.165) is 42.4 Å². The molecule has 0 radical (unpaired) electrons. The van der Waals surface area contributed by atoms with Crippen LogP contribution < -0.4 is 5.32 Å². The number of nitrogens with one attached hydrogen (secondary N) is 1. The van der Waals surface area contributed by atoms with Crippen molar-refractivity contribution in [2.24, 2.45) is 0 Å². The summed E-state index contributed by atoms with van der Waals surface area (Å²) in [5, 5.41) is 5.05. The van der Waals surface area contributed by atoms with Crippen molar-refractivity contribution in [3.05, 3.63) is 105 Å². The van der Waals surface area contributed by atoms with Crippen LogP contribution in [0.1, 0.15) is 48.8 Å². The lowest BCUT2D eigenvalue weighted by atomic mass is 9.94. The monoisotopic (exact) mass is 602 g/mol. The second-order valence-corrected chi connectivity index (χ2v) is 12.1. The first-order valence-corrected chi connectivity index (χ1v) is 15.6. The smallest absolute Gasteiger partial charge is 0.243 e. The molecule has 0 bridgehead atoms. The van der Waals surface area contributed by atoms with Crippen LogP contribution in [0.2, 0.25) is 15.1 Å². The lowest BCUT2D eigenvalue weighted by Crippen LogP contribution is -2.53. The van der Waals surface area contributed by atoms with E-state index < -0.39 is 6.04 Å². The predicted octanol–water partition coefficient (Wildman–Crippen LogP) is 7.97. The Bertz CT molecular complexity index is 1210. The molecular formula is C31H33Cl3N2O2S. The number of amides is 2. The van der Waals surface area contributed by atoms with Crippen LogP contribution in [0.4, 0.5) is 0 Å². The maximum absolute atomic E-state index is 13.8. The van der Waals surface area contributed by atoms with Gasteiger partial charge >= 0.3 is 0 Å². The molecule has 3 aromatic rings. The molecule has 0 aliphatic heterocycles. The first kappa shape index (κ1) is 29.8. The highest BCUT2D eigenvalue weighted by molar-refractivity contribution is 7.99. The number of nitrogens with zero attached hydrogens (tertiary/aromatic N) is 1. The molecule has 2 amide bonds. The lowest BCUT2D eigenvalue weighted by molar-refractivity contribution is -0.139. The lowest BCUT2D eigenvalue weighted by Gasteiger charge is -2.33. The maximum Gasteiger partial charge on any atom is 0.243 e. The van der Waals surface area contributed by atoms with E-state index in [1.165, 1.54) is 18.2 Å². The van der Waals surface area contributed by atoms with E-state index in [9.17, 15) is 9.59 Å². The van der Waals surface area contributed by atoms with Gasteiger partial charge in [0.2, 0.25) is 11.8 Å². The third-order valence-corrected chi connectivity index (χ3v) is 8.93. The Morgan fingerprint density at radius 2 is 1.51 bits per heavy atom. The van der Waals surface area contributed by atoms with Gasteiger partial charge in [-0.1, -0.05) is 103 Å². The van der Waals surface area contributed by atoms with Gasteiger partial charge in [-0.05, 0) is 53.8 Å². The van der Waals surface area contributed by atoms with Gasteiger partial charge in [0.1, 0.15) is 6.04 Å². The van der Waals surface area contributed by atoms with Crippen LogP contribution in [0.25, 0.3) is 0 Å². The number of carbonyl (C=O) groups excluding carboxylic acids is 2. The molecule has 4 nitrogen and oxygen atoms in total. The normalized spacial score (nSPS) is 14.5. The van der Waals surface area contributed by atoms with Crippen molar-refractivity contribution in [3.63, 3.8) is 0 Å². The van der Waals surface area contributed by atoms with E-state index in [1.807, 2.05) is 54.6 Å². The van der Waals surface area contributed by atoms with Gasteiger partial charge in [-0.3, -0.25) is 9.59 Å². The third-order valence-electron chi connectivity index (χ3n) is 7.02. The van der Waals surface area contributed by atoms with Crippen molar-refractivity contribution in [2.75, 3.05) is 5.75 Å². The molecule has 206 valence electrons. The standard InChI is InChI=1S/C31H33Cl3N2O2S/c32-24-16-14-23(15-17-24)19-36(30(37)21-39-20-26-27(33)12-7-13-28(26)34)29(18-22-8-3-1-4-9-22)31(38)35-25-10-5-2-6-11-25/h1,3-4,7-9,12-17,25,29H,2,5-6,10-11,18-21H2,(H,35,38). The highest BCUT2D eigenvalue weighted by Crippen LogP contribution is 2.29. The summed E-state index contributed by atoms with van der Waals surface area (Å²) in [5.74, 6) is 0.471. The Morgan fingerprint density at radius 3 is 2.18 bits per heavy atom. The molecule has 4 rings (SSSR count). The Balaban J connectivity index is 1.57. The van der Waals surface area contributed by atoms with Crippen LogP contribution in [0, 0.1) is 0 Å². The fourth-order valence-corrected chi connectivity index (χ4v) is 6.65. The fraction of sp³-hybridized carbons (Fsp3) is 0.355. The van der Waals surface area contributed by atoms with Crippen molar-refractivity contribution in [1.82, 2.24) is 10.2 Å². The van der Waals surface area contributed by atoms with Gasteiger partial charge in [0.05, 0.1) is 5.75 Å². The molecule has 0 saturated heterocycles. The van der Waals surface area contributed by atoms with E-state index in [0.29, 0.717) is 33.8 Å². The Labute approximate surface area is 250 Å². The summed E-state index contributed by atoms with van der Waals surface area (Å²) in [6.07, 6.45) is 5.81. The number of rotatable bonds is 11. The predicted molar refractivity (Wildman–Crippen MR) is 164 cm³/mol. The minimum Gasteiger partial charge on any atom is -0.352 e. The average molecular weight is 604 g/mol. The molecule has 0 heterocycles. The minimum absolute atomic E-state index is 0.104. The number of halogens is 3. The van der Waals surface area contributed by atoms with Gasteiger partial charge in [0, 0.05) is 39.8 Å². The molecule has 8 heteroatoms. The molecule has 1 aliphatic rings. The summed E-state index contributed by atoms with van der Waals surface area (Å²) in [6, 6.07) is 22.2. The summed E-state index contributed by atoms with van der Waals surface area (Å²) < 4.78 is 0. The highest BCUT2D eigenvalue weighted by atomic mass is 35.5. The zero-order valence-corrected chi connectivity index (χ0v) is 24.8. The van der Waals surface area contributed by atoms with Crippen molar-refractivity contribution in [1.29, 1.82) is 0 Å². The summed E-state index contributed by atoms with van der Waals surface area (Å²) in [4.78, 5) is 29.4. The van der Waals surface area contributed by atoms with Crippen molar-refractivity contribution in [2.45, 2.75) is 62.9 Å². The minimum atomic E-state index is -0.651. The molecule has 39 heavy (non-hydrogen) atoms. The van der Waals surface area contributed by atoms with Gasteiger partial charge in [0.25, 0.3) is 0 Å². The van der Waals surface area contributed by atoms with Crippen molar-refractivity contribution >= 4 is 58.4 Å². The molecular weight excluding hydrogens is 571 g/mol. The van der Waals surface area contributed by atoms with Crippen LogP contribution in [-0.4, -0.2) is 34.6 Å². The molecule has 0 aromatic heterocycles. The van der Waals surface area contributed by atoms with Gasteiger partial charge < -0.3 is 10.2 Å². The van der Waals surface area contributed by atoms with E-state index in [1.54, 1.807) is 23.1 Å². The van der Waals surface area contributed by atoms with Crippen molar-refractivity contribution in [3.8, 4) is 0 Å². The molecule has 1 aliphatic carbocycles. The Kier molecular flexibility index (Phi) is 11.5. The molecule has 1 atom stereocenters. The SMILES string of the molecule is O=C(NC1CCCCC1)C(Cc1ccccc1)N(Cc1ccc(Cl)cc1)C(=O)CSCc1c(Cl)cccc1Cl. The molecule has 1 N–H and O–H groups in total. The quantitative estimate of drug-likeness (QED) is 0.242. The number of hydrogen-bond acceptors (Lipinski definition) is 3. The first-order valence-electron chi connectivity index (χ1n) is 13.3. The molecule has 1 fully saturated rings. The number of benzene rings is 3. The molecule has 1 unspecified atom stereocenters. The number of thioether (sulfide) groups is 1. The Hall–Kier alpha value is -2.18. The van der Waals surface area contributed by atoms with Crippen LogP contribution in [0.5, 0.6) is 0 Å². The van der Waals surface area contributed by atoms with E-state index >= 15 is 0 Å². The fourth-order valence-electron chi connectivity index (χ4n) is 4.88. The molecule has 3 aromatic carbocycles. The van der Waals surface area contributed by atoms with Gasteiger partial charge in [-0.25, -0.2) is 0 Å². The average Bonchev–Trinajstić information content (AvgIpc) is 2.94. The zero-order chi connectivity index (χ0) is 27.6. The maximum atomic E-state index is 13.8. The number of hydrogen-bond donors (Lipinski definition) is 1. The summed E-state index contributed by atoms with van der Waals surface area (Å²) in [6.45, 7) is 0.305. The third kappa shape index (κ3) is 8.91.